The van der Waals surface area contributed by atoms with Gasteiger partial charge in [-0.15, -0.1) is 0 Å². The Hall–Kier alpha value is -1.18. The number of amides is 1. The molecule has 1 saturated heterocycles. The summed E-state index contributed by atoms with van der Waals surface area (Å²) in [5.74, 6) is 0.0778. The van der Waals surface area contributed by atoms with E-state index in [0.29, 0.717) is 19.4 Å². The Morgan fingerprint density at radius 2 is 1.84 bits per heavy atom. The zero-order valence-corrected chi connectivity index (χ0v) is 16.8. The Kier molecular flexibility index (Phi) is 7.22. The van der Waals surface area contributed by atoms with Crippen LogP contribution in [0.2, 0.25) is 0 Å². The second kappa shape index (κ2) is 8.96. The summed E-state index contributed by atoms with van der Waals surface area (Å²) in [6.45, 7) is 12.3. The van der Waals surface area contributed by atoms with Crippen molar-refractivity contribution in [3.05, 3.63) is 17.0 Å². The number of nitrogens with zero attached hydrogens (tertiary/aromatic N) is 3. The van der Waals surface area contributed by atoms with Gasteiger partial charge in [0, 0.05) is 43.0 Å². The van der Waals surface area contributed by atoms with Gasteiger partial charge in [-0.05, 0) is 45.9 Å². The van der Waals surface area contributed by atoms with Crippen molar-refractivity contribution in [1.29, 1.82) is 0 Å². The van der Waals surface area contributed by atoms with Gasteiger partial charge in [-0.3, -0.25) is 9.69 Å². The molecule has 1 aliphatic rings. The summed E-state index contributed by atoms with van der Waals surface area (Å²) < 4.78 is 5.40. The van der Waals surface area contributed by atoms with E-state index < -0.39 is 0 Å². The Morgan fingerprint density at radius 3 is 2.40 bits per heavy atom. The number of rotatable bonds is 7. The summed E-state index contributed by atoms with van der Waals surface area (Å²) in [6, 6.07) is 0. The van der Waals surface area contributed by atoms with E-state index in [1.165, 1.54) is 11.8 Å². The monoisotopic (exact) mass is 366 g/mol. The van der Waals surface area contributed by atoms with Crippen molar-refractivity contribution in [3.63, 3.8) is 0 Å². The smallest absolute Gasteiger partial charge is 0.220 e. The number of aromatic nitrogens is 2. The maximum absolute atomic E-state index is 12.3. The number of carbonyl (C=O) groups excluding carboxylic acids is 1. The van der Waals surface area contributed by atoms with E-state index in [4.69, 9.17) is 4.74 Å². The molecule has 1 aromatic rings. The molecule has 0 unspecified atom stereocenters. The number of morpholine rings is 1. The van der Waals surface area contributed by atoms with Crippen LogP contribution in [0, 0.1) is 13.8 Å². The van der Waals surface area contributed by atoms with Crippen molar-refractivity contribution in [2.24, 2.45) is 0 Å². The number of ether oxygens (including phenoxy) is 1. The average Bonchev–Trinajstić information content (AvgIpc) is 2.60. The van der Waals surface area contributed by atoms with Crippen LogP contribution in [0.25, 0.3) is 0 Å². The molecular formula is C18H30N4O2S. The molecule has 0 bridgehead atoms. The van der Waals surface area contributed by atoms with Gasteiger partial charge in [0.05, 0.1) is 13.2 Å². The van der Waals surface area contributed by atoms with Gasteiger partial charge in [0.15, 0.2) is 5.16 Å². The minimum absolute atomic E-state index is 0.0611. The summed E-state index contributed by atoms with van der Waals surface area (Å²) in [5, 5.41) is 3.87. The van der Waals surface area contributed by atoms with E-state index in [1.807, 2.05) is 20.1 Å². The molecule has 0 saturated carbocycles. The van der Waals surface area contributed by atoms with Gasteiger partial charge in [0.2, 0.25) is 5.91 Å². The van der Waals surface area contributed by atoms with Crippen LogP contribution in [0.5, 0.6) is 0 Å². The first-order valence-electron chi connectivity index (χ1n) is 8.81. The van der Waals surface area contributed by atoms with E-state index in [9.17, 15) is 4.79 Å². The molecule has 25 heavy (non-hydrogen) atoms. The number of carbonyl (C=O) groups is 1. The third-order valence-electron chi connectivity index (χ3n) is 4.77. The first kappa shape index (κ1) is 20.1. The van der Waals surface area contributed by atoms with Crippen LogP contribution in [0.15, 0.2) is 5.16 Å². The Morgan fingerprint density at radius 1 is 1.24 bits per heavy atom. The van der Waals surface area contributed by atoms with Gasteiger partial charge in [0.1, 0.15) is 0 Å². The quantitative estimate of drug-likeness (QED) is 0.588. The minimum atomic E-state index is -0.0611. The molecule has 0 spiro atoms. The molecule has 0 aliphatic carbocycles. The molecule has 2 rings (SSSR count). The van der Waals surface area contributed by atoms with Crippen LogP contribution in [0.3, 0.4) is 0 Å². The molecule has 2 heterocycles. The maximum Gasteiger partial charge on any atom is 0.220 e. The molecule has 0 radical (unpaired) electrons. The lowest BCUT2D eigenvalue weighted by Crippen LogP contribution is -2.55. The van der Waals surface area contributed by atoms with Gasteiger partial charge in [0.25, 0.3) is 0 Å². The average molecular weight is 367 g/mol. The van der Waals surface area contributed by atoms with Gasteiger partial charge >= 0.3 is 0 Å². The molecule has 7 heteroatoms. The number of hydrogen-bond donors (Lipinski definition) is 1. The van der Waals surface area contributed by atoms with Crippen molar-refractivity contribution in [3.8, 4) is 0 Å². The second-order valence-corrected chi connectivity index (χ2v) is 7.82. The molecule has 6 nitrogen and oxygen atoms in total. The lowest BCUT2D eigenvalue weighted by Gasteiger charge is -2.40. The molecule has 1 aromatic heterocycles. The van der Waals surface area contributed by atoms with Crippen molar-refractivity contribution in [2.75, 3.05) is 39.1 Å². The molecule has 140 valence electrons. The second-order valence-electron chi connectivity index (χ2n) is 7.05. The molecule has 1 fully saturated rings. The Labute approximate surface area is 155 Å². The summed E-state index contributed by atoms with van der Waals surface area (Å²) >= 11 is 1.54. The highest BCUT2D eigenvalue weighted by Crippen LogP contribution is 2.18. The summed E-state index contributed by atoms with van der Waals surface area (Å²) in [4.78, 5) is 23.6. The lowest BCUT2D eigenvalue weighted by atomic mass is 10.0. The van der Waals surface area contributed by atoms with Crippen LogP contribution in [-0.4, -0.2) is 65.4 Å². The molecule has 1 N–H and O–H groups in total. The minimum Gasteiger partial charge on any atom is -0.379 e. The Balaban J connectivity index is 1.84. The van der Waals surface area contributed by atoms with E-state index >= 15 is 0 Å². The summed E-state index contributed by atoms with van der Waals surface area (Å²) in [6.07, 6.45) is 3.11. The van der Waals surface area contributed by atoms with Crippen molar-refractivity contribution >= 4 is 17.7 Å². The highest BCUT2D eigenvalue weighted by Gasteiger charge is 2.28. The number of thioether (sulfide) groups is 1. The molecule has 1 amide bonds. The predicted octanol–water partition coefficient (Wildman–Crippen LogP) is 1.97. The maximum atomic E-state index is 12.3. The predicted molar refractivity (Wildman–Crippen MR) is 101 cm³/mol. The zero-order valence-electron chi connectivity index (χ0n) is 16.0. The summed E-state index contributed by atoms with van der Waals surface area (Å²) in [5.41, 5.74) is 2.96. The van der Waals surface area contributed by atoms with Gasteiger partial charge < -0.3 is 10.1 Å². The fraction of sp³-hybridized carbons (Fsp3) is 0.722. The topological polar surface area (TPSA) is 67.4 Å². The largest absolute Gasteiger partial charge is 0.379 e. The third kappa shape index (κ3) is 5.66. The molecule has 0 atom stereocenters. The first-order chi connectivity index (χ1) is 11.8. The fourth-order valence-corrected chi connectivity index (χ4v) is 3.54. The Bertz CT molecular complexity index is 578. The highest BCUT2D eigenvalue weighted by atomic mass is 32.2. The van der Waals surface area contributed by atoms with E-state index in [1.54, 1.807) is 0 Å². The summed E-state index contributed by atoms with van der Waals surface area (Å²) in [7, 11) is 0. The zero-order chi connectivity index (χ0) is 18.4. The number of aryl methyl sites for hydroxylation is 2. The standard InChI is InChI=1S/C18H30N4O2S/c1-13-15(14(2)21-17(20-13)25-5)6-7-16(23)19-12-18(3,4)22-8-10-24-11-9-22/h6-12H2,1-5H3,(H,19,23). The highest BCUT2D eigenvalue weighted by molar-refractivity contribution is 7.98. The van der Waals surface area contributed by atoms with E-state index in [-0.39, 0.29) is 11.4 Å². The molecule has 1 aliphatic heterocycles. The first-order valence-corrected chi connectivity index (χ1v) is 10.0. The molecule has 0 aromatic carbocycles. The van der Waals surface area contributed by atoms with Crippen LogP contribution in [-0.2, 0) is 16.0 Å². The van der Waals surface area contributed by atoms with Gasteiger partial charge in [-0.2, -0.15) is 0 Å². The fourth-order valence-electron chi connectivity index (χ4n) is 3.08. The van der Waals surface area contributed by atoms with Crippen LogP contribution < -0.4 is 5.32 Å². The van der Waals surface area contributed by atoms with E-state index in [0.717, 1.165) is 48.4 Å². The lowest BCUT2D eigenvalue weighted by molar-refractivity contribution is -0.121. The van der Waals surface area contributed by atoms with Gasteiger partial charge in [-0.25, -0.2) is 9.97 Å². The van der Waals surface area contributed by atoms with Crippen molar-refractivity contribution < 1.29 is 9.53 Å². The molecular weight excluding hydrogens is 336 g/mol. The van der Waals surface area contributed by atoms with Crippen molar-refractivity contribution in [1.82, 2.24) is 20.2 Å². The van der Waals surface area contributed by atoms with Crippen LogP contribution in [0.4, 0.5) is 0 Å². The van der Waals surface area contributed by atoms with Crippen molar-refractivity contribution in [2.45, 2.75) is 51.2 Å². The SMILES string of the molecule is CSc1nc(C)c(CCC(=O)NCC(C)(C)N2CCOCC2)c(C)n1. The van der Waals surface area contributed by atoms with E-state index in [2.05, 4.69) is 34.0 Å². The third-order valence-corrected chi connectivity index (χ3v) is 5.32. The number of hydrogen-bond acceptors (Lipinski definition) is 6. The normalized spacial score (nSPS) is 16.0. The van der Waals surface area contributed by atoms with Gasteiger partial charge in [-0.1, -0.05) is 11.8 Å². The van der Waals surface area contributed by atoms with Crippen LogP contribution >= 0.6 is 11.8 Å². The van der Waals surface area contributed by atoms with Crippen LogP contribution in [0.1, 0.15) is 37.2 Å². The number of nitrogens with one attached hydrogen (secondary N) is 1.